The number of rotatable bonds is 1. The van der Waals surface area contributed by atoms with Crippen LogP contribution in [0.2, 0.25) is 0 Å². The Bertz CT molecular complexity index is 292. The summed E-state index contributed by atoms with van der Waals surface area (Å²) in [5, 5.41) is 0. The van der Waals surface area contributed by atoms with Gasteiger partial charge in [0.15, 0.2) is 0 Å². The fourth-order valence-corrected chi connectivity index (χ4v) is 2.46. The van der Waals surface area contributed by atoms with Crippen LogP contribution in [0.4, 0.5) is 0 Å². The van der Waals surface area contributed by atoms with Crippen LogP contribution in [0.1, 0.15) is 46.0 Å². The third-order valence-electron chi connectivity index (χ3n) is 3.43. The van der Waals surface area contributed by atoms with E-state index in [4.69, 9.17) is 0 Å². The molecule has 0 heterocycles. The zero-order valence-corrected chi connectivity index (χ0v) is 9.34. The lowest BCUT2D eigenvalue weighted by Gasteiger charge is -2.21. The summed E-state index contributed by atoms with van der Waals surface area (Å²) in [5.41, 5.74) is 4.46. The van der Waals surface area contributed by atoms with Gasteiger partial charge in [0.1, 0.15) is 0 Å². The van der Waals surface area contributed by atoms with E-state index in [0.29, 0.717) is 0 Å². The van der Waals surface area contributed by atoms with Crippen LogP contribution in [0, 0.1) is 5.92 Å². The van der Waals surface area contributed by atoms with E-state index in [0.717, 1.165) is 5.92 Å². The van der Waals surface area contributed by atoms with Crippen molar-refractivity contribution >= 4 is 0 Å². The van der Waals surface area contributed by atoms with Crippen molar-refractivity contribution in [2.24, 2.45) is 5.92 Å². The van der Waals surface area contributed by atoms with Crippen LogP contribution in [0.15, 0.2) is 34.9 Å². The Hall–Kier alpha value is -0.780. The molecule has 0 bridgehead atoms. The second-order valence-corrected chi connectivity index (χ2v) is 4.77. The second-order valence-electron chi connectivity index (χ2n) is 4.77. The van der Waals surface area contributed by atoms with Crippen LogP contribution < -0.4 is 0 Å². The molecule has 1 saturated carbocycles. The molecule has 2 aliphatic rings. The molecule has 0 nitrogen and oxygen atoms in total. The van der Waals surface area contributed by atoms with E-state index in [1.165, 1.54) is 43.3 Å². The topological polar surface area (TPSA) is 0 Å². The van der Waals surface area contributed by atoms with Crippen LogP contribution in [-0.2, 0) is 0 Å². The summed E-state index contributed by atoms with van der Waals surface area (Å²) in [6.07, 6.45) is 14.1. The van der Waals surface area contributed by atoms with Gasteiger partial charge in [-0.2, -0.15) is 0 Å². The lowest BCUT2D eigenvalue weighted by Crippen LogP contribution is -2.07. The van der Waals surface area contributed by atoms with Crippen molar-refractivity contribution < 1.29 is 0 Å². The molecule has 76 valence electrons. The summed E-state index contributed by atoms with van der Waals surface area (Å²) in [4.78, 5) is 0. The molecule has 0 saturated heterocycles. The Morgan fingerprint density at radius 3 is 2.36 bits per heavy atom. The average molecular weight is 188 g/mol. The Kier molecular flexibility index (Phi) is 2.90. The van der Waals surface area contributed by atoms with Crippen LogP contribution in [0.25, 0.3) is 0 Å². The third kappa shape index (κ3) is 2.00. The predicted molar refractivity (Wildman–Crippen MR) is 62.2 cm³/mol. The highest BCUT2D eigenvalue weighted by Crippen LogP contribution is 2.34. The maximum Gasteiger partial charge on any atom is -0.0162 e. The third-order valence-corrected chi connectivity index (χ3v) is 3.43. The second kappa shape index (κ2) is 4.16. The van der Waals surface area contributed by atoms with Gasteiger partial charge in [-0.25, -0.2) is 0 Å². The van der Waals surface area contributed by atoms with Crippen molar-refractivity contribution in [3.8, 4) is 0 Å². The van der Waals surface area contributed by atoms with Crippen molar-refractivity contribution in [3.63, 3.8) is 0 Å². The molecule has 2 rings (SSSR count). The highest BCUT2D eigenvalue weighted by molar-refractivity contribution is 5.48. The Labute approximate surface area is 87.4 Å². The quantitative estimate of drug-likeness (QED) is 0.572. The van der Waals surface area contributed by atoms with Gasteiger partial charge in [-0.15, -0.1) is 0 Å². The number of hydrogen-bond donors (Lipinski definition) is 0. The van der Waals surface area contributed by atoms with E-state index in [1.54, 1.807) is 5.57 Å². The first-order valence-electron chi connectivity index (χ1n) is 5.84. The number of allylic oxidation sites excluding steroid dienone is 6. The van der Waals surface area contributed by atoms with Crippen LogP contribution >= 0.6 is 0 Å². The summed E-state index contributed by atoms with van der Waals surface area (Å²) < 4.78 is 0. The molecule has 0 radical (unpaired) electrons. The molecule has 0 N–H and O–H groups in total. The molecule has 0 spiro atoms. The van der Waals surface area contributed by atoms with E-state index in [2.05, 4.69) is 32.1 Å². The van der Waals surface area contributed by atoms with Crippen molar-refractivity contribution in [2.45, 2.75) is 46.0 Å². The Morgan fingerprint density at radius 2 is 1.79 bits per heavy atom. The Balaban J connectivity index is 2.10. The monoisotopic (exact) mass is 188 g/mol. The molecule has 0 aromatic rings. The molecule has 1 fully saturated rings. The molecule has 0 aromatic heterocycles. The summed E-state index contributed by atoms with van der Waals surface area (Å²) in [6, 6.07) is 0. The first kappa shape index (κ1) is 9.76. The van der Waals surface area contributed by atoms with Crippen LogP contribution in [-0.4, -0.2) is 0 Å². The van der Waals surface area contributed by atoms with Gasteiger partial charge in [-0.1, -0.05) is 43.1 Å². The van der Waals surface area contributed by atoms with Gasteiger partial charge in [0.05, 0.1) is 0 Å². The van der Waals surface area contributed by atoms with E-state index in [1.807, 2.05) is 0 Å². The van der Waals surface area contributed by atoms with Gasteiger partial charge in [0.2, 0.25) is 0 Å². The minimum absolute atomic E-state index is 0.858. The van der Waals surface area contributed by atoms with Crippen molar-refractivity contribution in [1.29, 1.82) is 0 Å². The van der Waals surface area contributed by atoms with Gasteiger partial charge in [0.25, 0.3) is 0 Å². The van der Waals surface area contributed by atoms with Gasteiger partial charge in [-0.3, -0.25) is 0 Å². The van der Waals surface area contributed by atoms with E-state index >= 15 is 0 Å². The van der Waals surface area contributed by atoms with Gasteiger partial charge >= 0.3 is 0 Å². The molecule has 0 aliphatic heterocycles. The summed E-state index contributed by atoms with van der Waals surface area (Å²) >= 11 is 0. The molecular weight excluding hydrogens is 168 g/mol. The van der Waals surface area contributed by atoms with Crippen molar-refractivity contribution in [3.05, 3.63) is 34.9 Å². The molecule has 0 atom stereocenters. The first-order valence-corrected chi connectivity index (χ1v) is 5.84. The fraction of sp³-hybridized carbons (Fsp3) is 0.571. The zero-order valence-electron chi connectivity index (χ0n) is 9.34. The average Bonchev–Trinajstić information content (AvgIpc) is 2.68. The lowest BCUT2D eigenvalue weighted by molar-refractivity contribution is 0.409. The van der Waals surface area contributed by atoms with Crippen molar-refractivity contribution in [1.82, 2.24) is 0 Å². The highest BCUT2D eigenvalue weighted by Gasteiger charge is 2.18. The normalized spacial score (nSPS) is 22.7. The molecule has 0 heteroatoms. The smallest absolute Gasteiger partial charge is 0.0162 e. The van der Waals surface area contributed by atoms with E-state index in [-0.39, 0.29) is 0 Å². The minimum atomic E-state index is 0.858. The Morgan fingerprint density at radius 1 is 1.07 bits per heavy atom. The van der Waals surface area contributed by atoms with Gasteiger partial charge in [-0.05, 0) is 43.8 Å². The number of hydrogen-bond acceptors (Lipinski definition) is 0. The fourth-order valence-electron chi connectivity index (χ4n) is 2.46. The molecule has 2 aliphatic carbocycles. The zero-order chi connectivity index (χ0) is 9.97. The first-order chi connectivity index (χ1) is 6.77. The molecular formula is C14H20. The van der Waals surface area contributed by atoms with E-state index in [9.17, 15) is 0 Å². The van der Waals surface area contributed by atoms with Gasteiger partial charge < -0.3 is 0 Å². The minimum Gasteiger partial charge on any atom is -0.0692 e. The maximum absolute atomic E-state index is 2.39. The summed E-state index contributed by atoms with van der Waals surface area (Å²) in [5.74, 6) is 0.858. The molecule has 0 aromatic carbocycles. The molecule has 0 amide bonds. The maximum atomic E-state index is 2.39. The van der Waals surface area contributed by atoms with Gasteiger partial charge in [0, 0.05) is 0 Å². The van der Waals surface area contributed by atoms with Crippen LogP contribution in [0.5, 0.6) is 0 Å². The summed E-state index contributed by atoms with van der Waals surface area (Å²) in [7, 11) is 0. The summed E-state index contributed by atoms with van der Waals surface area (Å²) in [6.45, 7) is 4.39. The predicted octanol–water partition coefficient (Wildman–Crippen LogP) is 4.40. The van der Waals surface area contributed by atoms with Crippen molar-refractivity contribution in [2.75, 3.05) is 0 Å². The lowest BCUT2D eigenvalue weighted by atomic mass is 9.84. The molecule has 14 heavy (non-hydrogen) atoms. The van der Waals surface area contributed by atoms with Crippen LogP contribution in [0.3, 0.4) is 0 Å². The standard InChI is InChI=1S/C14H20/c1-11(2)13-8-9-14(10-13)12-6-4-3-5-7-12/h8-10,12H,3-7H2,1-2H3. The largest absolute Gasteiger partial charge is 0.0692 e. The highest BCUT2D eigenvalue weighted by atomic mass is 14.2. The SMILES string of the molecule is CC(C)=C1C=CC(C2CCCCC2)=C1. The van der Waals surface area contributed by atoms with E-state index < -0.39 is 0 Å². The molecule has 0 unspecified atom stereocenters.